The van der Waals surface area contributed by atoms with Crippen molar-refractivity contribution in [1.82, 2.24) is 5.06 Å². The minimum Gasteiger partial charge on any atom is -0.286 e. The average Bonchev–Trinajstić information content (AvgIpc) is 2.76. The largest absolute Gasteiger partial charge is 0.286 e. The molecule has 0 atom stereocenters. The van der Waals surface area contributed by atoms with Gasteiger partial charge < -0.3 is 0 Å². The maximum absolute atomic E-state index is 12.8. The Balaban J connectivity index is 2.36. The van der Waals surface area contributed by atoms with Crippen LogP contribution in [0, 0.1) is 5.92 Å². The van der Waals surface area contributed by atoms with Gasteiger partial charge in [0.25, 0.3) is 0 Å². The zero-order chi connectivity index (χ0) is 21.2. The number of nitrogens with zero attached hydrogens (tertiary/aromatic N) is 1. The van der Waals surface area contributed by atoms with E-state index in [0.29, 0.717) is 0 Å². The summed E-state index contributed by atoms with van der Waals surface area (Å²) in [6, 6.07) is 0.0377. The second-order valence-corrected chi connectivity index (χ2v) is 9.49. The SMILES string of the molecule is CCCCCCCCCC(CCCCCCCCC)N(O)C(=O)C1CCCCC1. The van der Waals surface area contributed by atoms with Gasteiger partial charge in [-0.3, -0.25) is 10.0 Å². The van der Waals surface area contributed by atoms with E-state index in [1.165, 1.54) is 88.5 Å². The summed E-state index contributed by atoms with van der Waals surface area (Å²) in [4.78, 5) is 12.8. The average molecular weight is 410 g/mol. The molecule has 0 aromatic heterocycles. The Hall–Kier alpha value is -0.570. The number of hydrogen-bond acceptors (Lipinski definition) is 2. The molecule has 3 heteroatoms. The quantitative estimate of drug-likeness (QED) is 0.140. The van der Waals surface area contributed by atoms with Crippen molar-refractivity contribution >= 4 is 5.91 Å². The van der Waals surface area contributed by atoms with Crippen LogP contribution in [-0.4, -0.2) is 22.2 Å². The molecule has 1 aliphatic rings. The third-order valence-corrected chi connectivity index (χ3v) is 6.81. The van der Waals surface area contributed by atoms with Gasteiger partial charge in [-0.15, -0.1) is 0 Å². The molecule has 29 heavy (non-hydrogen) atoms. The maximum atomic E-state index is 12.8. The van der Waals surface area contributed by atoms with Crippen molar-refractivity contribution in [2.75, 3.05) is 0 Å². The summed E-state index contributed by atoms with van der Waals surface area (Å²) in [6.07, 6.45) is 25.4. The summed E-state index contributed by atoms with van der Waals surface area (Å²) >= 11 is 0. The number of rotatable bonds is 18. The Bertz CT molecular complexity index is 361. The number of amides is 1. The first kappa shape index (κ1) is 26.5. The van der Waals surface area contributed by atoms with E-state index in [9.17, 15) is 10.0 Å². The van der Waals surface area contributed by atoms with Crippen LogP contribution in [0.5, 0.6) is 0 Å². The number of unbranched alkanes of at least 4 members (excludes halogenated alkanes) is 12. The van der Waals surface area contributed by atoms with Crippen molar-refractivity contribution in [3.8, 4) is 0 Å². The highest BCUT2D eigenvalue weighted by molar-refractivity contribution is 5.78. The van der Waals surface area contributed by atoms with E-state index in [-0.39, 0.29) is 17.9 Å². The van der Waals surface area contributed by atoms with Gasteiger partial charge in [-0.2, -0.15) is 0 Å². The van der Waals surface area contributed by atoms with Gasteiger partial charge >= 0.3 is 0 Å². The minimum atomic E-state index is 0.0144. The van der Waals surface area contributed by atoms with Gasteiger partial charge in [0.05, 0.1) is 6.04 Å². The smallest absolute Gasteiger partial charge is 0.249 e. The standard InChI is InChI=1S/C26H51NO2/c1-3-5-7-9-11-13-18-22-25(23-19-14-12-10-8-6-4-2)27(29)26(28)24-20-16-15-17-21-24/h24-25,29H,3-23H2,1-2H3. The number of hydroxylamine groups is 2. The molecular weight excluding hydrogens is 358 g/mol. The summed E-state index contributed by atoms with van der Waals surface area (Å²) < 4.78 is 0. The normalized spacial score (nSPS) is 15.2. The van der Waals surface area contributed by atoms with Gasteiger partial charge in [-0.25, -0.2) is 5.06 Å². The first-order valence-corrected chi connectivity index (χ1v) is 13.2. The Morgan fingerprint density at radius 2 is 1.14 bits per heavy atom. The zero-order valence-electron chi connectivity index (χ0n) is 19.8. The fourth-order valence-electron chi connectivity index (χ4n) is 4.78. The third kappa shape index (κ3) is 12.7. The second kappa shape index (κ2) is 18.2. The molecule has 0 aromatic rings. The van der Waals surface area contributed by atoms with Gasteiger partial charge in [-0.05, 0) is 25.7 Å². The molecule has 0 unspecified atom stereocenters. The van der Waals surface area contributed by atoms with Crippen molar-refractivity contribution in [2.45, 2.75) is 155 Å². The van der Waals surface area contributed by atoms with Gasteiger partial charge in [0.1, 0.15) is 0 Å². The van der Waals surface area contributed by atoms with Crippen LogP contribution in [0.15, 0.2) is 0 Å². The number of hydrogen-bond donors (Lipinski definition) is 1. The molecule has 0 radical (unpaired) electrons. The van der Waals surface area contributed by atoms with E-state index < -0.39 is 0 Å². The number of carbonyl (C=O) groups excluding carboxylic acids is 1. The molecule has 1 saturated carbocycles. The lowest BCUT2D eigenvalue weighted by Crippen LogP contribution is -2.41. The highest BCUT2D eigenvalue weighted by Crippen LogP contribution is 2.27. The second-order valence-electron chi connectivity index (χ2n) is 9.49. The van der Waals surface area contributed by atoms with Crippen LogP contribution in [0.1, 0.15) is 149 Å². The first-order chi connectivity index (χ1) is 14.2. The molecule has 0 bridgehead atoms. The van der Waals surface area contributed by atoms with Gasteiger partial charge in [-0.1, -0.05) is 123 Å². The maximum Gasteiger partial charge on any atom is 0.249 e. The molecule has 0 aliphatic heterocycles. The highest BCUT2D eigenvalue weighted by Gasteiger charge is 2.29. The lowest BCUT2D eigenvalue weighted by Gasteiger charge is -2.31. The topological polar surface area (TPSA) is 40.5 Å². The van der Waals surface area contributed by atoms with Crippen LogP contribution in [0.25, 0.3) is 0 Å². The molecule has 1 fully saturated rings. The summed E-state index contributed by atoms with van der Waals surface area (Å²) in [5, 5.41) is 11.9. The molecule has 0 saturated heterocycles. The highest BCUT2D eigenvalue weighted by atomic mass is 16.5. The van der Waals surface area contributed by atoms with Gasteiger partial charge in [0.15, 0.2) is 0 Å². The van der Waals surface area contributed by atoms with Crippen molar-refractivity contribution in [2.24, 2.45) is 5.92 Å². The van der Waals surface area contributed by atoms with E-state index in [4.69, 9.17) is 0 Å². The van der Waals surface area contributed by atoms with Crippen LogP contribution in [0.4, 0.5) is 0 Å². The molecule has 3 nitrogen and oxygen atoms in total. The van der Waals surface area contributed by atoms with Crippen LogP contribution in [-0.2, 0) is 4.79 Å². The third-order valence-electron chi connectivity index (χ3n) is 6.81. The minimum absolute atomic E-state index is 0.0144. The van der Waals surface area contributed by atoms with Gasteiger partial charge in [0.2, 0.25) is 5.91 Å². The zero-order valence-corrected chi connectivity index (χ0v) is 19.8. The van der Waals surface area contributed by atoms with Crippen LogP contribution >= 0.6 is 0 Å². The Labute approximate surface area is 182 Å². The van der Waals surface area contributed by atoms with E-state index >= 15 is 0 Å². The fraction of sp³-hybridized carbons (Fsp3) is 0.962. The molecule has 1 N–H and O–H groups in total. The van der Waals surface area contributed by atoms with Crippen LogP contribution in [0.2, 0.25) is 0 Å². The predicted octanol–water partition coefficient (Wildman–Crippen LogP) is 8.43. The summed E-state index contributed by atoms with van der Waals surface area (Å²) in [5.74, 6) is 0.0833. The van der Waals surface area contributed by atoms with Crippen molar-refractivity contribution in [1.29, 1.82) is 0 Å². The lowest BCUT2D eigenvalue weighted by molar-refractivity contribution is -0.183. The van der Waals surface area contributed by atoms with Gasteiger partial charge in [0, 0.05) is 5.92 Å². The molecule has 1 aliphatic carbocycles. The first-order valence-electron chi connectivity index (χ1n) is 13.2. The predicted molar refractivity (Wildman–Crippen MR) is 124 cm³/mol. The molecule has 172 valence electrons. The van der Waals surface area contributed by atoms with E-state index in [1.54, 1.807) is 0 Å². The molecule has 0 heterocycles. The lowest BCUT2D eigenvalue weighted by atomic mass is 9.88. The Kier molecular flexibility index (Phi) is 16.6. The molecule has 1 rings (SSSR count). The van der Waals surface area contributed by atoms with E-state index in [0.717, 1.165) is 51.4 Å². The van der Waals surface area contributed by atoms with E-state index in [1.807, 2.05) is 0 Å². The molecule has 1 amide bonds. The van der Waals surface area contributed by atoms with E-state index in [2.05, 4.69) is 13.8 Å². The fourth-order valence-corrected chi connectivity index (χ4v) is 4.78. The summed E-state index contributed by atoms with van der Waals surface area (Å²) in [6.45, 7) is 4.52. The van der Waals surface area contributed by atoms with Crippen molar-refractivity contribution in [3.05, 3.63) is 0 Å². The monoisotopic (exact) mass is 409 g/mol. The van der Waals surface area contributed by atoms with Crippen LogP contribution in [0.3, 0.4) is 0 Å². The molecule has 0 spiro atoms. The van der Waals surface area contributed by atoms with Crippen molar-refractivity contribution < 1.29 is 10.0 Å². The Morgan fingerprint density at radius 1 is 0.724 bits per heavy atom. The van der Waals surface area contributed by atoms with Crippen LogP contribution < -0.4 is 0 Å². The molecule has 0 aromatic carbocycles. The number of carbonyl (C=O) groups is 1. The summed E-state index contributed by atoms with van der Waals surface area (Å²) in [7, 11) is 0. The molecular formula is C26H51NO2. The van der Waals surface area contributed by atoms with Crippen molar-refractivity contribution in [3.63, 3.8) is 0 Å². The summed E-state index contributed by atoms with van der Waals surface area (Å²) in [5.41, 5.74) is 0. The Morgan fingerprint density at radius 3 is 1.59 bits per heavy atom.